The monoisotopic (exact) mass is 199 g/mol. The van der Waals surface area contributed by atoms with Crippen LogP contribution in [-0.4, -0.2) is 43.5 Å². The molecule has 1 unspecified atom stereocenters. The summed E-state index contributed by atoms with van der Waals surface area (Å²) in [6.07, 6.45) is 2.30. The van der Waals surface area contributed by atoms with Crippen LogP contribution in [0.5, 0.6) is 0 Å². The molecule has 3 nitrogen and oxygen atoms in total. The van der Waals surface area contributed by atoms with E-state index in [1.165, 1.54) is 13.0 Å². The minimum absolute atomic E-state index is 0.229. The van der Waals surface area contributed by atoms with Crippen LogP contribution >= 0.6 is 0 Å². The maximum Gasteiger partial charge on any atom is 0.182 e. The molecule has 2 fully saturated rings. The van der Waals surface area contributed by atoms with Crippen molar-refractivity contribution in [2.24, 2.45) is 5.92 Å². The third kappa shape index (κ3) is 2.10. The summed E-state index contributed by atoms with van der Waals surface area (Å²) >= 11 is 0. The van der Waals surface area contributed by atoms with Gasteiger partial charge in [-0.15, -0.1) is 0 Å². The van der Waals surface area contributed by atoms with Gasteiger partial charge in [0.25, 0.3) is 0 Å². The number of nitrogens with zero attached hydrogens (tertiary/aromatic N) is 1. The van der Waals surface area contributed by atoms with Crippen molar-refractivity contribution in [1.29, 1.82) is 0 Å². The van der Waals surface area contributed by atoms with Gasteiger partial charge in [-0.1, -0.05) is 20.3 Å². The quantitative estimate of drug-likeness (QED) is 0.687. The minimum atomic E-state index is -0.229. The highest BCUT2D eigenvalue weighted by Gasteiger charge is 2.43. The molecule has 14 heavy (non-hydrogen) atoms. The van der Waals surface area contributed by atoms with Crippen LogP contribution in [0.25, 0.3) is 0 Å². The van der Waals surface area contributed by atoms with Crippen LogP contribution in [0.15, 0.2) is 0 Å². The van der Waals surface area contributed by atoms with Crippen molar-refractivity contribution in [2.75, 3.05) is 32.8 Å². The van der Waals surface area contributed by atoms with E-state index in [9.17, 15) is 0 Å². The van der Waals surface area contributed by atoms with Gasteiger partial charge in [0, 0.05) is 19.5 Å². The molecule has 0 radical (unpaired) electrons. The third-order valence-corrected chi connectivity index (χ3v) is 3.35. The molecule has 2 aliphatic rings. The molecule has 1 spiro atoms. The van der Waals surface area contributed by atoms with Gasteiger partial charge in [0.2, 0.25) is 0 Å². The normalized spacial score (nSPS) is 28.7. The molecule has 0 saturated carbocycles. The van der Waals surface area contributed by atoms with Crippen LogP contribution in [0.4, 0.5) is 0 Å². The summed E-state index contributed by atoms with van der Waals surface area (Å²) in [7, 11) is 0. The maximum absolute atomic E-state index is 5.68. The van der Waals surface area contributed by atoms with E-state index in [1.807, 2.05) is 0 Å². The fourth-order valence-corrected chi connectivity index (χ4v) is 2.29. The van der Waals surface area contributed by atoms with Crippen molar-refractivity contribution in [2.45, 2.75) is 32.5 Å². The molecule has 0 aromatic carbocycles. The fraction of sp³-hybridized carbons (Fsp3) is 1.00. The van der Waals surface area contributed by atoms with E-state index in [2.05, 4.69) is 18.7 Å². The zero-order chi connectivity index (χ0) is 10.0. The molecule has 2 aliphatic heterocycles. The lowest BCUT2D eigenvalue weighted by Crippen LogP contribution is -2.35. The Bertz CT molecular complexity index is 190. The lowest BCUT2D eigenvalue weighted by atomic mass is 10.1. The number of rotatable bonds is 3. The smallest absolute Gasteiger partial charge is 0.182 e. The van der Waals surface area contributed by atoms with Crippen LogP contribution < -0.4 is 0 Å². The van der Waals surface area contributed by atoms with Crippen LogP contribution in [0.2, 0.25) is 0 Å². The zero-order valence-corrected chi connectivity index (χ0v) is 9.29. The summed E-state index contributed by atoms with van der Waals surface area (Å²) in [4.78, 5) is 2.47. The predicted octanol–water partition coefficient (Wildman–Crippen LogP) is 1.48. The number of ether oxygens (including phenoxy) is 2. The molecule has 1 atom stereocenters. The molecule has 0 bridgehead atoms. The van der Waals surface area contributed by atoms with Gasteiger partial charge in [-0.05, 0) is 5.92 Å². The highest BCUT2D eigenvalue weighted by Crippen LogP contribution is 2.30. The second-order valence-corrected chi connectivity index (χ2v) is 4.61. The topological polar surface area (TPSA) is 21.7 Å². The molecule has 0 aromatic rings. The summed E-state index contributed by atoms with van der Waals surface area (Å²) in [5, 5.41) is 0. The van der Waals surface area contributed by atoms with Crippen LogP contribution in [-0.2, 0) is 9.47 Å². The Morgan fingerprint density at radius 1 is 1.36 bits per heavy atom. The molecule has 2 saturated heterocycles. The van der Waals surface area contributed by atoms with E-state index in [1.54, 1.807) is 0 Å². The molecule has 2 rings (SSSR count). The van der Waals surface area contributed by atoms with Gasteiger partial charge in [-0.25, -0.2) is 0 Å². The van der Waals surface area contributed by atoms with E-state index in [-0.39, 0.29) is 5.79 Å². The fourth-order valence-electron chi connectivity index (χ4n) is 2.29. The van der Waals surface area contributed by atoms with Crippen LogP contribution in [0, 0.1) is 5.92 Å². The Morgan fingerprint density at radius 2 is 2.07 bits per heavy atom. The Kier molecular flexibility index (Phi) is 3.10. The van der Waals surface area contributed by atoms with Crippen LogP contribution in [0.3, 0.4) is 0 Å². The summed E-state index contributed by atoms with van der Waals surface area (Å²) < 4.78 is 11.4. The van der Waals surface area contributed by atoms with Crippen LogP contribution in [0.1, 0.15) is 26.7 Å². The van der Waals surface area contributed by atoms with E-state index in [0.29, 0.717) is 0 Å². The van der Waals surface area contributed by atoms with E-state index < -0.39 is 0 Å². The van der Waals surface area contributed by atoms with Crippen molar-refractivity contribution >= 4 is 0 Å². The molecular formula is C11H21NO2. The number of hydrogen-bond donors (Lipinski definition) is 0. The molecule has 0 aliphatic carbocycles. The van der Waals surface area contributed by atoms with E-state index >= 15 is 0 Å². The molecule has 0 N–H and O–H groups in total. The summed E-state index contributed by atoms with van der Waals surface area (Å²) in [5.41, 5.74) is 0. The Labute approximate surface area is 86.4 Å². The Hall–Kier alpha value is -0.120. The van der Waals surface area contributed by atoms with Crippen molar-refractivity contribution < 1.29 is 9.47 Å². The Morgan fingerprint density at radius 3 is 2.71 bits per heavy atom. The first-order chi connectivity index (χ1) is 6.74. The van der Waals surface area contributed by atoms with E-state index in [4.69, 9.17) is 9.47 Å². The first-order valence-corrected chi connectivity index (χ1v) is 5.74. The summed E-state index contributed by atoms with van der Waals surface area (Å²) in [6.45, 7) is 9.39. The number of likely N-dealkylation sites (tertiary alicyclic amines) is 1. The SMILES string of the molecule is CCC(C)CN1CCC2(C1)OCCO2. The lowest BCUT2D eigenvalue weighted by Gasteiger charge is -2.23. The number of hydrogen-bond acceptors (Lipinski definition) is 3. The highest BCUT2D eigenvalue weighted by molar-refractivity contribution is 4.87. The minimum Gasteiger partial charge on any atom is -0.346 e. The van der Waals surface area contributed by atoms with Crippen molar-refractivity contribution in [3.63, 3.8) is 0 Å². The van der Waals surface area contributed by atoms with Gasteiger partial charge in [0.15, 0.2) is 5.79 Å². The average Bonchev–Trinajstić information content (AvgIpc) is 2.78. The molecule has 0 amide bonds. The average molecular weight is 199 g/mol. The maximum atomic E-state index is 5.68. The van der Waals surface area contributed by atoms with Gasteiger partial charge in [-0.3, -0.25) is 4.90 Å². The van der Waals surface area contributed by atoms with Gasteiger partial charge < -0.3 is 9.47 Å². The molecule has 82 valence electrons. The lowest BCUT2D eigenvalue weighted by molar-refractivity contribution is -0.145. The van der Waals surface area contributed by atoms with E-state index in [0.717, 1.165) is 38.6 Å². The highest BCUT2D eigenvalue weighted by atomic mass is 16.7. The molecular weight excluding hydrogens is 178 g/mol. The standard InChI is InChI=1S/C11H21NO2/c1-3-10(2)8-12-5-4-11(9-12)13-6-7-14-11/h10H,3-9H2,1-2H3. The van der Waals surface area contributed by atoms with Crippen molar-refractivity contribution in [3.8, 4) is 0 Å². The summed E-state index contributed by atoms with van der Waals surface area (Å²) in [6, 6.07) is 0. The van der Waals surface area contributed by atoms with Gasteiger partial charge in [-0.2, -0.15) is 0 Å². The Balaban J connectivity index is 1.82. The third-order valence-electron chi connectivity index (χ3n) is 3.35. The summed E-state index contributed by atoms with van der Waals surface area (Å²) in [5.74, 6) is 0.555. The second-order valence-electron chi connectivity index (χ2n) is 4.61. The molecule has 3 heteroatoms. The molecule has 2 heterocycles. The van der Waals surface area contributed by atoms with Gasteiger partial charge >= 0.3 is 0 Å². The first kappa shape index (κ1) is 10.4. The zero-order valence-electron chi connectivity index (χ0n) is 9.29. The first-order valence-electron chi connectivity index (χ1n) is 5.74. The van der Waals surface area contributed by atoms with Gasteiger partial charge in [0.1, 0.15) is 0 Å². The second kappa shape index (κ2) is 4.17. The van der Waals surface area contributed by atoms with Gasteiger partial charge in [0.05, 0.1) is 19.8 Å². The molecule has 0 aromatic heterocycles. The van der Waals surface area contributed by atoms with Crippen molar-refractivity contribution in [3.05, 3.63) is 0 Å². The van der Waals surface area contributed by atoms with Crippen molar-refractivity contribution in [1.82, 2.24) is 4.90 Å². The largest absolute Gasteiger partial charge is 0.346 e. The predicted molar refractivity (Wildman–Crippen MR) is 55.1 cm³/mol.